The van der Waals surface area contributed by atoms with Gasteiger partial charge in [0.2, 0.25) is 0 Å². The molecule has 0 atom stereocenters. The van der Waals surface area contributed by atoms with Gasteiger partial charge in [-0.2, -0.15) is 5.26 Å². The quantitative estimate of drug-likeness (QED) is 0.297. The molecule has 0 aromatic carbocycles. The first-order chi connectivity index (χ1) is 6.26. The van der Waals surface area contributed by atoms with Gasteiger partial charge in [-0.15, -0.1) is 0 Å². The SMILES string of the molecule is CCCCCOC(=O)C(C#N)=CCl. The fourth-order valence-electron chi connectivity index (χ4n) is 0.709. The molecule has 0 fully saturated rings. The van der Waals surface area contributed by atoms with Gasteiger partial charge in [0.25, 0.3) is 0 Å². The molecule has 0 rings (SSSR count). The summed E-state index contributed by atoms with van der Waals surface area (Å²) in [5.74, 6) is -0.645. The van der Waals surface area contributed by atoms with Crippen LogP contribution in [0.5, 0.6) is 0 Å². The lowest BCUT2D eigenvalue weighted by molar-refractivity contribution is -0.138. The summed E-state index contributed by atoms with van der Waals surface area (Å²) < 4.78 is 4.77. The molecule has 0 spiro atoms. The highest BCUT2D eigenvalue weighted by Gasteiger charge is 2.08. The van der Waals surface area contributed by atoms with E-state index in [-0.39, 0.29) is 5.57 Å². The number of hydrogen-bond donors (Lipinski definition) is 0. The van der Waals surface area contributed by atoms with Gasteiger partial charge in [-0.25, -0.2) is 4.79 Å². The van der Waals surface area contributed by atoms with Crippen molar-refractivity contribution in [3.8, 4) is 6.07 Å². The minimum atomic E-state index is -0.645. The molecule has 0 heterocycles. The molecule has 13 heavy (non-hydrogen) atoms. The van der Waals surface area contributed by atoms with Gasteiger partial charge in [0.1, 0.15) is 11.6 Å². The van der Waals surface area contributed by atoms with Crippen LogP contribution in [-0.2, 0) is 9.53 Å². The van der Waals surface area contributed by atoms with Gasteiger partial charge in [0, 0.05) is 5.54 Å². The summed E-state index contributed by atoms with van der Waals surface area (Å²) >= 11 is 5.22. The highest BCUT2D eigenvalue weighted by molar-refractivity contribution is 6.27. The predicted molar refractivity (Wildman–Crippen MR) is 50.0 cm³/mol. The van der Waals surface area contributed by atoms with Crippen LogP contribution in [0.15, 0.2) is 11.1 Å². The Morgan fingerprint density at radius 1 is 1.62 bits per heavy atom. The molecular weight excluding hydrogens is 190 g/mol. The van der Waals surface area contributed by atoms with Crippen molar-refractivity contribution in [3.05, 3.63) is 11.1 Å². The molecule has 3 nitrogen and oxygen atoms in total. The molecular formula is C9H12ClNO2. The van der Waals surface area contributed by atoms with Crippen LogP contribution in [0, 0.1) is 11.3 Å². The van der Waals surface area contributed by atoms with Crippen molar-refractivity contribution in [2.75, 3.05) is 6.61 Å². The van der Waals surface area contributed by atoms with E-state index in [1.165, 1.54) is 0 Å². The zero-order valence-corrected chi connectivity index (χ0v) is 8.30. The minimum absolute atomic E-state index is 0.154. The van der Waals surface area contributed by atoms with E-state index in [4.69, 9.17) is 21.6 Å². The number of unbranched alkanes of at least 4 members (excludes halogenated alkanes) is 2. The Morgan fingerprint density at radius 2 is 2.31 bits per heavy atom. The number of ether oxygens (including phenoxy) is 1. The number of halogens is 1. The maximum atomic E-state index is 11.0. The molecule has 0 bridgehead atoms. The smallest absolute Gasteiger partial charge is 0.349 e. The van der Waals surface area contributed by atoms with Crippen molar-refractivity contribution < 1.29 is 9.53 Å². The first-order valence-electron chi connectivity index (χ1n) is 4.13. The van der Waals surface area contributed by atoms with E-state index in [2.05, 4.69) is 6.92 Å². The number of nitriles is 1. The third-order valence-corrected chi connectivity index (χ3v) is 1.65. The maximum absolute atomic E-state index is 11.0. The van der Waals surface area contributed by atoms with Crippen LogP contribution in [0.25, 0.3) is 0 Å². The Labute approximate surface area is 82.9 Å². The molecule has 0 aliphatic rings. The second-order valence-electron chi connectivity index (χ2n) is 2.48. The summed E-state index contributed by atoms with van der Waals surface area (Å²) in [5, 5.41) is 8.40. The largest absolute Gasteiger partial charge is 0.462 e. The van der Waals surface area contributed by atoms with Gasteiger partial charge in [0.05, 0.1) is 6.61 Å². The number of hydrogen-bond acceptors (Lipinski definition) is 3. The molecule has 4 heteroatoms. The summed E-state index contributed by atoms with van der Waals surface area (Å²) in [5.41, 5.74) is 0.778. The Morgan fingerprint density at radius 3 is 2.77 bits per heavy atom. The first kappa shape index (κ1) is 12.0. The topological polar surface area (TPSA) is 50.1 Å². The lowest BCUT2D eigenvalue weighted by Gasteiger charge is -2.01. The lowest BCUT2D eigenvalue weighted by Crippen LogP contribution is -2.07. The van der Waals surface area contributed by atoms with Crippen LogP contribution < -0.4 is 0 Å². The highest BCUT2D eigenvalue weighted by Crippen LogP contribution is 2.01. The van der Waals surface area contributed by atoms with E-state index in [1.54, 1.807) is 6.07 Å². The van der Waals surface area contributed by atoms with Crippen molar-refractivity contribution in [1.29, 1.82) is 5.26 Å². The normalized spacial score (nSPS) is 10.7. The van der Waals surface area contributed by atoms with Crippen molar-refractivity contribution in [2.24, 2.45) is 0 Å². The summed E-state index contributed by atoms with van der Waals surface area (Å²) in [4.78, 5) is 11.0. The van der Waals surface area contributed by atoms with Gasteiger partial charge < -0.3 is 4.74 Å². The lowest BCUT2D eigenvalue weighted by atomic mass is 10.3. The molecule has 0 radical (unpaired) electrons. The zero-order chi connectivity index (χ0) is 10.1. The average molecular weight is 202 g/mol. The molecule has 72 valence electrons. The Balaban J connectivity index is 3.70. The Kier molecular flexibility index (Phi) is 7.04. The van der Waals surface area contributed by atoms with Crippen molar-refractivity contribution in [3.63, 3.8) is 0 Å². The van der Waals surface area contributed by atoms with Crippen LogP contribution in [0.2, 0.25) is 0 Å². The first-order valence-corrected chi connectivity index (χ1v) is 4.57. The van der Waals surface area contributed by atoms with E-state index >= 15 is 0 Å². The molecule has 0 saturated carbocycles. The molecule has 0 aliphatic carbocycles. The molecule has 0 amide bonds. The van der Waals surface area contributed by atoms with Crippen molar-refractivity contribution in [2.45, 2.75) is 26.2 Å². The Bertz CT molecular complexity index is 230. The van der Waals surface area contributed by atoms with Gasteiger partial charge in [-0.3, -0.25) is 0 Å². The predicted octanol–water partition coefficient (Wildman–Crippen LogP) is 2.37. The molecule has 0 unspecified atom stereocenters. The van der Waals surface area contributed by atoms with Crippen molar-refractivity contribution >= 4 is 17.6 Å². The molecule has 0 aromatic heterocycles. The van der Waals surface area contributed by atoms with E-state index in [0.29, 0.717) is 6.61 Å². The number of carbonyl (C=O) groups is 1. The van der Waals surface area contributed by atoms with Crippen LogP contribution >= 0.6 is 11.6 Å². The van der Waals surface area contributed by atoms with E-state index in [9.17, 15) is 4.79 Å². The summed E-state index contributed by atoms with van der Waals surface area (Å²) in [6, 6.07) is 1.65. The van der Waals surface area contributed by atoms with Gasteiger partial charge in [0.15, 0.2) is 0 Å². The fourth-order valence-corrected chi connectivity index (χ4v) is 0.847. The zero-order valence-electron chi connectivity index (χ0n) is 7.55. The third-order valence-electron chi connectivity index (χ3n) is 1.43. The summed E-state index contributed by atoms with van der Waals surface area (Å²) in [7, 11) is 0. The second-order valence-corrected chi connectivity index (χ2v) is 2.70. The van der Waals surface area contributed by atoms with Crippen molar-refractivity contribution in [1.82, 2.24) is 0 Å². The third kappa shape index (κ3) is 5.26. The van der Waals surface area contributed by atoms with E-state index in [1.807, 2.05) is 0 Å². The van der Waals surface area contributed by atoms with Gasteiger partial charge >= 0.3 is 5.97 Å². The summed E-state index contributed by atoms with van der Waals surface area (Å²) in [6.45, 7) is 2.41. The van der Waals surface area contributed by atoms with Crippen LogP contribution in [0.3, 0.4) is 0 Å². The monoisotopic (exact) mass is 201 g/mol. The number of nitrogens with zero attached hydrogens (tertiary/aromatic N) is 1. The molecule has 0 N–H and O–H groups in total. The van der Waals surface area contributed by atoms with Gasteiger partial charge in [-0.05, 0) is 6.42 Å². The highest BCUT2D eigenvalue weighted by atomic mass is 35.5. The van der Waals surface area contributed by atoms with Crippen LogP contribution in [0.1, 0.15) is 26.2 Å². The van der Waals surface area contributed by atoms with Gasteiger partial charge in [-0.1, -0.05) is 31.4 Å². The minimum Gasteiger partial charge on any atom is -0.462 e. The molecule has 0 aliphatic heterocycles. The molecule has 0 aromatic rings. The number of esters is 1. The average Bonchev–Trinajstić information content (AvgIpc) is 2.14. The Hall–Kier alpha value is -1.01. The number of rotatable bonds is 5. The standard InChI is InChI=1S/C9H12ClNO2/c1-2-3-4-5-13-9(12)8(6-10)7-11/h6H,2-5H2,1H3. The maximum Gasteiger partial charge on any atom is 0.349 e. The number of carbonyl (C=O) groups excluding carboxylic acids is 1. The van der Waals surface area contributed by atoms with Crippen LogP contribution in [0.4, 0.5) is 0 Å². The second kappa shape index (κ2) is 7.63. The van der Waals surface area contributed by atoms with Crippen LogP contribution in [-0.4, -0.2) is 12.6 Å². The van der Waals surface area contributed by atoms with E-state index in [0.717, 1.165) is 24.8 Å². The molecule has 0 saturated heterocycles. The summed E-state index contributed by atoms with van der Waals surface area (Å²) in [6.07, 6.45) is 2.90. The van der Waals surface area contributed by atoms with E-state index < -0.39 is 5.97 Å². The fraction of sp³-hybridized carbons (Fsp3) is 0.556.